The van der Waals surface area contributed by atoms with Crippen LogP contribution in [0.2, 0.25) is 0 Å². The van der Waals surface area contributed by atoms with E-state index in [-0.39, 0.29) is 5.91 Å². The van der Waals surface area contributed by atoms with Crippen LogP contribution in [0.15, 0.2) is 4.99 Å². The smallest absolute Gasteiger partial charge is 0.223 e. The maximum Gasteiger partial charge on any atom is 0.223 e. The van der Waals surface area contributed by atoms with Gasteiger partial charge in [-0.2, -0.15) is 0 Å². The fourth-order valence-corrected chi connectivity index (χ4v) is 1.45. The summed E-state index contributed by atoms with van der Waals surface area (Å²) in [7, 11) is 5.57. The number of hydrogen-bond acceptors (Lipinski definition) is 2. The molecule has 0 atom stereocenters. The van der Waals surface area contributed by atoms with E-state index in [2.05, 4.69) is 22.1 Å². The predicted octanol–water partition coefficient (Wildman–Crippen LogP) is 1.16. The van der Waals surface area contributed by atoms with Crippen molar-refractivity contribution in [2.24, 2.45) is 4.99 Å². The van der Waals surface area contributed by atoms with E-state index in [1.54, 1.807) is 19.0 Å². The van der Waals surface area contributed by atoms with Gasteiger partial charge in [-0.3, -0.25) is 9.79 Å². The fraction of sp³-hybridized carbons (Fsp3) is 0.846. The zero-order valence-electron chi connectivity index (χ0n) is 12.5. The Morgan fingerprint density at radius 1 is 1.22 bits per heavy atom. The van der Waals surface area contributed by atoms with Gasteiger partial charge < -0.3 is 15.1 Å². The summed E-state index contributed by atoms with van der Waals surface area (Å²) in [5.74, 6) is 1.00. The van der Waals surface area contributed by atoms with Crippen molar-refractivity contribution >= 4 is 11.9 Å². The summed E-state index contributed by atoms with van der Waals surface area (Å²) in [6, 6.07) is 0. The molecule has 0 aliphatic heterocycles. The Kier molecular flexibility index (Phi) is 9.06. The molecule has 0 aliphatic carbocycles. The standard InChI is InChI=1S/C13H28N4O/c1-6-8-11-17(5)13(14-7-2)15-10-9-12(18)16(3)4/h6-11H2,1-5H3,(H,14,15). The number of carbonyl (C=O) groups excluding carboxylic acids is 1. The number of amides is 1. The lowest BCUT2D eigenvalue weighted by molar-refractivity contribution is -0.128. The quantitative estimate of drug-likeness (QED) is 0.549. The highest BCUT2D eigenvalue weighted by Crippen LogP contribution is 1.95. The first kappa shape index (κ1) is 16.7. The van der Waals surface area contributed by atoms with Crippen molar-refractivity contribution in [3.8, 4) is 0 Å². The maximum absolute atomic E-state index is 11.4. The van der Waals surface area contributed by atoms with E-state index in [4.69, 9.17) is 0 Å². The van der Waals surface area contributed by atoms with Gasteiger partial charge in [0, 0.05) is 40.7 Å². The molecule has 0 fully saturated rings. The van der Waals surface area contributed by atoms with Crippen molar-refractivity contribution in [3.05, 3.63) is 0 Å². The van der Waals surface area contributed by atoms with Crippen molar-refractivity contribution in [1.29, 1.82) is 0 Å². The molecule has 0 heterocycles. The molecule has 0 rings (SSSR count). The average Bonchev–Trinajstić information content (AvgIpc) is 2.34. The molecule has 0 bridgehead atoms. The Bertz CT molecular complexity index is 264. The Morgan fingerprint density at radius 3 is 2.39 bits per heavy atom. The summed E-state index contributed by atoms with van der Waals surface area (Å²) in [6.07, 6.45) is 2.78. The molecule has 1 N–H and O–H groups in total. The topological polar surface area (TPSA) is 47.9 Å². The molecule has 0 spiro atoms. The van der Waals surface area contributed by atoms with Crippen LogP contribution in [0.25, 0.3) is 0 Å². The third kappa shape index (κ3) is 7.14. The normalized spacial score (nSPS) is 11.3. The van der Waals surface area contributed by atoms with Gasteiger partial charge in [0.1, 0.15) is 0 Å². The maximum atomic E-state index is 11.4. The number of carbonyl (C=O) groups is 1. The number of guanidine groups is 1. The number of aliphatic imine (C=N–C) groups is 1. The molecule has 0 aliphatic rings. The monoisotopic (exact) mass is 256 g/mol. The van der Waals surface area contributed by atoms with Crippen LogP contribution in [0.1, 0.15) is 33.1 Å². The second-order valence-electron chi connectivity index (χ2n) is 4.55. The molecule has 0 aromatic rings. The number of nitrogens with zero attached hydrogens (tertiary/aromatic N) is 3. The number of unbranched alkanes of at least 4 members (excludes halogenated alkanes) is 1. The molecule has 0 saturated heterocycles. The minimum atomic E-state index is 0.116. The summed E-state index contributed by atoms with van der Waals surface area (Å²) in [4.78, 5) is 19.6. The lowest BCUT2D eigenvalue weighted by Crippen LogP contribution is -2.39. The van der Waals surface area contributed by atoms with Gasteiger partial charge in [0.15, 0.2) is 5.96 Å². The lowest BCUT2D eigenvalue weighted by atomic mass is 10.3. The zero-order valence-corrected chi connectivity index (χ0v) is 12.5. The molecule has 5 heteroatoms. The molecule has 0 unspecified atom stereocenters. The van der Waals surface area contributed by atoms with Gasteiger partial charge >= 0.3 is 0 Å². The van der Waals surface area contributed by atoms with Gasteiger partial charge in [0.2, 0.25) is 5.91 Å². The lowest BCUT2D eigenvalue weighted by Gasteiger charge is -2.21. The second-order valence-corrected chi connectivity index (χ2v) is 4.55. The largest absolute Gasteiger partial charge is 0.357 e. The molecule has 106 valence electrons. The molecule has 0 aromatic heterocycles. The van der Waals surface area contributed by atoms with Gasteiger partial charge in [-0.05, 0) is 13.3 Å². The molecule has 18 heavy (non-hydrogen) atoms. The Hall–Kier alpha value is -1.26. The van der Waals surface area contributed by atoms with Crippen molar-refractivity contribution < 1.29 is 4.79 Å². The van der Waals surface area contributed by atoms with Crippen molar-refractivity contribution in [1.82, 2.24) is 15.1 Å². The molecule has 0 radical (unpaired) electrons. The Labute approximate surface area is 111 Å². The molecule has 0 saturated carbocycles. The summed E-state index contributed by atoms with van der Waals surface area (Å²) in [6.45, 7) is 6.60. The minimum absolute atomic E-state index is 0.116. The fourth-order valence-electron chi connectivity index (χ4n) is 1.45. The predicted molar refractivity (Wildman–Crippen MR) is 76.8 cm³/mol. The van der Waals surface area contributed by atoms with Gasteiger partial charge in [-0.15, -0.1) is 0 Å². The van der Waals surface area contributed by atoms with Crippen LogP contribution in [0.4, 0.5) is 0 Å². The third-order valence-electron chi connectivity index (χ3n) is 2.63. The second kappa shape index (κ2) is 9.74. The molecular weight excluding hydrogens is 228 g/mol. The van der Waals surface area contributed by atoms with E-state index in [0.717, 1.165) is 25.5 Å². The molecule has 5 nitrogen and oxygen atoms in total. The van der Waals surface area contributed by atoms with Gasteiger partial charge in [-0.25, -0.2) is 0 Å². The first-order chi connectivity index (χ1) is 8.52. The van der Waals surface area contributed by atoms with Crippen LogP contribution in [0.3, 0.4) is 0 Å². The Morgan fingerprint density at radius 2 is 1.89 bits per heavy atom. The van der Waals surface area contributed by atoms with E-state index >= 15 is 0 Å². The zero-order chi connectivity index (χ0) is 14.0. The third-order valence-corrected chi connectivity index (χ3v) is 2.63. The summed E-state index contributed by atoms with van der Waals surface area (Å²) in [5, 5.41) is 3.25. The summed E-state index contributed by atoms with van der Waals surface area (Å²) >= 11 is 0. The number of rotatable bonds is 7. The number of hydrogen-bond donors (Lipinski definition) is 1. The van der Waals surface area contributed by atoms with E-state index in [9.17, 15) is 4.79 Å². The molecule has 1 amide bonds. The van der Waals surface area contributed by atoms with Crippen molar-refractivity contribution in [2.75, 3.05) is 40.8 Å². The van der Waals surface area contributed by atoms with Gasteiger partial charge in [-0.1, -0.05) is 13.3 Å². The van der Waals surface area contributed by atoms with Crippen LogP contribution in [0, 0.1) is 0 Å². The van der Waals surface area contributed by atoms with Crippen LogP contribution in [-0.2, 0) is 4.79 Å². The SMILES string of the molecule is CCCCN(C)C(=NCCC(=O)N(C)C)NCC. The highest BCUT2D eigenvalue weighted by atomic mass is 16.2. The average molecular weight is 256 g/mol. The summed E-state index contributed by atoms with van der Waals surface area (Å²) in [5.41, 5.74) is 0. The molecular formula is C13H28N4O. The highest BCUT2D eigenvalue weighted by molar-refractivity contribution is 5.80. The van der Waals surface area contributed by atoms with Crippen molar-refractivity contribution in [3.63, 3.8) is 0 Å². The molecule has 0 aromatic carbocycles. The van der Waals surface area contributed by atoms with Crippen molar-refractivity contribution in [2.45, 2.75) is 33.1 Å². The highest BCUT2D eigenvalue weighted by Gasteiger charge is 2.06. The van der Waals surface area contributed by atoms with E-state index in [0.29, 0.717) is 13.0 Å². The van der Waals surface area contributed by atoms with Crippen LogP contribution in [-0.4, -0.2) is 62.4 Å². The Balaban J connectivity index is 4.26. The van der Waals surface area contributed by atoms with Crippen LogP contribution in [0.5, 0.6) is 0 Å². The first-order valence-corrected chi connectivity index (χ1v) is 6.72. The van der Waals surface area contributed by atoms with Crippen LogP contribution < -0.4 is 5.32 Å². The van der Waals surface area contributed by atoms with Gasteiger partial charge in [0.25, 0.3) is 0 Å². The van der Waals surface area contributed by atoms with E-state index in [1.165, 1.54) is 6.42 Å². The van der Waals surface area contributed by atoms with E-state index < -0.39 is 0 Å². The first-order valence-electron chi connectivity index (χ1n) is 6.72. The summed E-state index contributed by atoms with van der Waals surface area (Å²) < 4.78 is 0. The minimum Gasteiger partial charge on any atom is -0.357 e. The van der Waals surface area contributed by atoms with Gasteiger partial charge in [0.05, 0.1) is 6.54 Å². The van der Waals surface area contributed by atoms with E-state index in [1.807, 2.05) is 14.0 Å². The van der Waals surface area contributed by atoms with Crippen LogP contribution >= 0.6 is 0 Å². The number of nitrogens with one attached hydrogen (secondary N) is 1.